The van der Waals surface area contributed by atoms with Gasteiger partial charge in [-0.05, 0) is 51.8 Å². The Morgan fingerprint density at radius 3 is 3.00 bits per heavy atom. The van der Waals surface area contributed by atoms with Crippen molar-refractivity contribution in [2.75, 3.05) is 6.61 Å². The first-order valence-electron chi connectivity index (χ1n) is 6.59. The van der Waals surface area contributed by atoms with Gasteiger partial charge in [0.2, 0.25) is 0 Å². The summed E-state index contributed by atoms with van der Waals surface area (Å²) in [5.41, 5.74) is 3.46. The van der Waals surface area contributed by atoms with Crippen molar-refractivity contribution in [3.8, 4) is 5.75 Å². The molecule has 0 atom stereocenters. The number of aromatic nitrogens is 1. The molecule has 0 radical (unpaired) electrons. The maximum absolute atomic E-state index is 11.9. The lowest BCUT2D eigenvalue weighted by Gasteiger charge is -2.06. The van der Waals surface area contributed by atoms with Gasteiger partial charge in [0, 0.05) is 6.20 Å². The number of amides is 1. The Kier molecular flexibility index (Phi) is 6.31. The van der Waals surface area contributed by atoms with Gasteiger partial charge in [-0.25, -0.2) is 10.4 Å². The molecule has 5 nitrogen and oxygen atoms in total. The molecule has 0 aliphatic rings. The number of pyridine rings is 1. The molecule has 0 bridgehead atoms. The van der Waals surface area contributed by atoms with Crippen LogP contribution in [0.2, 0.25) is 5.15 Å². The van der Waals surface area contributed by atoms with Gasteiger partial charge in [0.1, 0.15) is 17.5 Å². The van der Waals surface area contributed by atoms with Crippen LogP contribution in [0.5, 0.6) is 5.75 Å². The van der Waals surface area contributed by atoms with Crippen molar-refractivity contribution >= 4 is 39.7 Å². The number of nitrogens with zero attached hydrogens (tertiary/aromatic N) is 2. The number of hydrazone groups is 1. The molecule has 0 aliphatic carbocycles. The fourth-order valence-electron chi connectivity index (χ4n) is 1.64. The molecule has 1 aromatic carbocycles. The van der Waals surface area contributed by atoms with E-state index in [1.54, 1.807) is 24.3 Å². The Morgan fingerprint density at radius 1 is 1.48 bits per heavy atom. The highest BCUT2D eigenvalue weighted by atomic mass is 79.9. The number of ether oxygens (including phenoxy) is 1. The van der Waals surface area contributed by atoms with Gasteiger partial charge in [-0.1, -0.05) is 24.3 Å². The quantitative estimate of drug-likeness (QED) is 0.350. The summed E-state index contributed by atoms with van der Waals surface area (Å²) in [7, 11) is 0. The molecule has 2 rings (SSSR count). The molecule has 1 aromatic heterocycles. The number of hydrogen-bond donors (Lipinski definition) is 1. The SMILES string of the molecule is C=CCOc1ccc(C=NNC(=O)c2cccnc2Cl)cc1Br. The Morgan fingerprint density at radius 2 is 2.30 bits per heavy atom. The molecule has 7 heteroatoms. The minimum atomic E-state index is -0.427. The number of halogens is 2. The van der Waals surface area contributed by atoms with E-state index < -0.39 is 5.91 Å². The first-order valence-corrected chi connectivity index (χ1v) is 7.76. The zero-order valence-corrected chi connectivity index (χ0v) is 14.3. The van der Waals surface area contributed by atoms with E-state index in [1.807, 2.05) is 12.1 Å². The second-order valence-electron chi connectivity index (χ2n) is 4.33. The minimum Gasteiger partial charge on any atom is -0.488 e. The van der Waals surface area contributed by atoms with Crippen LogP contribution in [-0.2, 0) is 0 Å². The first kappa shape index (κ1) is 17.2. The molecule has 1 heterocycles. The molecule has 0 fully saturated rings. The summed E-state index contributed by atoms with van der Waals surface area (Å²) in [6.07, 6.45) is 4.70. The van der Waals surface area contributed by atoms with Gasteiger partial charge in [-0.15, -0.1) is 0 Å². The molecule has 23 heavy (non-hydrogen) atoms. The van der Waals surface area contributed by atoms with Crippen LogP contribution in [0.4, 0.5) is 0 Å². The fourth-order valence-corrected chi connectivity index (χ4v) is 2.36. The van der Waals surface area contributed by atoms with Crippen LogP contribution in [0, 0.1) is 0 Å². The summed E-state index contributed by atoms with van der Waals surface area (Å²) < 4.78 is 6.24. The topological polar surface area (TPSA) is 63.6 Å². The van der Waals surface area contributed by atoms with Crippen molar-refractivity contribution in [1.29, 1.82) is 0 Å². The molecule has 0 saturated heterocycles. The third kappa shape index (κ3) is 4.91. The van der Waals surface area contributed by atoms with Crippen LogP contribution in [0.1, 0.15) is 15.9 Å². The van der Waals surface area contributed by atoms with Crippen LogP contribution in [0.25, 0.3) is 0 Å². The van der Waals surface area contributed by atoms with Gasteiger partial charge in [-0.2, -0.15) is 5.10 Å². The summed E-state index contributed by atoms with van der Waals surface area (Å²) in [6, 6.07) is 8.64. The third-order valence-corrected chi connectivity index (χ3v) is 3.62. The molecular formula is C16H13BrClN3O2. The van der Waals surface area contributed by atoms with Gasteiger partial charge in [0.25, 0.3) is 5.91 Å². The summed E-state index contributed by atoms with van der Waals surface area (Å²) in [5.74, 6) is 0.276. The Labute approximate surface area is 147 Å². The van der Waals surface area contributed by atoms with E-state index in [1.165, 1.54) is 12.4 Å². The average molecular weight is 395 g/mol. The highest BCUT2D eigenvalue weighted by Gasteiger charge is 2.09. The van der Waals surface area contributed by atoms with Crippen molar-refractivity contribution in [3.63, 3.8) is 0 Å². The lowest BCUT2D eigenvalue weighted by Crippen LogP contribution is -2.18. The molecule has 0 spiro atoms. The smallest absolute Gasteiger partial charge is 0.274 e. The van der Waals surface area contributed by atoms with Crippen LogP contribution in [0.15, 0.2) is 58.8 Å². The number of benzene rings is 1. The molecule has 0 aliphatic heterocycles. The number of carbonyl (C=O) groups is 1. The summed E-state index contributed by atoms with van der Waals surface area (Å²) in [5, 5.41) is 4.03. The fraction of sp³-hybridized carbons (Fsp3) is 0.0625. The molecule has 0 saturated carbocycles. The lowest BCUT2D eigenvalue weighted by atomic mass is 10.2. The van der Waals surface area contributed by atoms with Gasteiger partial charge in [-0.3, -0.25) is 4.79 Å². The zero-order valence-electron chi connectivity index (χ0n) is 12.0. The zero-order chi connectivity index (χ0) is 16.7. The Balaban J connectivity index is 2.00. The number of nitrogens with one attached hydrogen (secondary N) is 1. The molecule has 1 amide bonds. The van der Waals surface area contributed by atoms with E-state index in [-0.39, 0.29) is 10.7 Å². The van der Waals surface area contributed by atoms with Crippen LogP contribution < -0.4 is 10.2 Å². The molecule has 0 unspecified atom stereocenters. The van der Waals surface area contributed by atoms with Crippen LogP contribution in [-0.4, -0.2) is 23.7 Å². The maximum Gasteiger partial charge on any atom is 0.274 e. The number of carbonyl (C=O) groups excluding carboxylic acids is 1. The monoisotopic (exact) mass is 393 g/mol. The normalized spacial score (nSPS) is 10.5. The predicted octanol–water partition coefficient (Wildman–Crippen LogP) is 3.83. The van der Waals surface area contributed by atoms with Crippen molar-refractivity contribution in [3.05, 3.63) is 69.9 Å². The van der Waals surface area contributed by atoms with Crippen molar-refractivity contribution < 1.29 is 9.53 Å². The van der Waals surface area contributed by atoms with Crippen molar-refractivity contribution in [1.82, 2.24) is 10.4 Å². The minimum absolute atomic E-state index is 0.131. The molecule has 118 valence electrons. The third-order valence-electron chi connectivity index (χ3n) is 2.70. The molecular weight excluding hydrogens is 382 g/mol. The van der Waals surface area contributed by atoms with Crippen molar-refractivity contribution in [2.45, 2.75) is 0 Å². The van der Waals surface area contributed by atoms with Gasteiger partial charge >= 0.3 is 0 Å². The van der Waals surface area contributed by atoms with E-state index in [2.05, 4.69) is 38.0 Å². The highest BCUT2D eigenvalue weighted by Crippen LogP contribution is 2.25. The van der Waals surface area contributed by atoms with E-state index in [4.69, 9.17) is 16.3 Å². The Bertz CT molecular complexity index is 750. The largest absolute Gasteiger partial charge is 0.488 e. The summed E-state index contributed by atoms with van der Waals surface area (Å²) in [4.78, 5) is 15.7. The number of hydrogen-bond acceptors (Lipinski definition) is 4. The van der Waals surface area contributed by atoms with Crippen molar-refractivity contribution in [2.24, 2.45) is 5.10 Å². The van der Waals surface area contributed by atoms with E-state index in [0.717, 1.165) is 10.0 Å². The standard InChI is InChI=1S/C16H13BrClN3O2/c1-2-8-23-14-6-5-11(9-13(14)17)10-20-21-16(22)12-4-3-7-19-15(12)18/h2-7,9-10H,1,8H2,(H,21,22). The summed E-state index contributed by atoms with van der Waals surface area (Å²) in [6.45, 7) is 4.02. The lowest BCUT2D eigenvalue weighted by molar-refractivity contribution is 0.0955. The van der Waals surface area contributed by atoms with Crippen LogP contribution >= 0.6 is 27.5 Å². The van der Waals surface area contributed by atoms with Gasteiger partial charge in [0.15, 0.2) is 0 Å². The van der Waals surface area contributed by atoms with E-state index in [9.17, 15) is 4.79 Å². The first-order chi connectivity index (χ1) is 11.1. The van der Waals surface area contributed by atoms with Gasteiger partial charge in [0.05, 0.1) is 16.3 Å². The van der Waals surface area contributed by atoms with E-state index in [0.29, 0.717) is 12.4 Å². The average Bonchev–Trinajstić information content (AvgIpc) is 2.54. The Hall–Kier alpha value is -2.18. The number of rotatable bonds is 6. The van der Waals surface area contributed by atoms with E-state index >= 15 is 0 Å². The van der Waals surface area contributed by atoms with Gasteiger partial charge < -0.3 is 4.74 Å². The highest BCUT2D eigenvalue weighted by molar-refractivity contribution is 9.10. The predicted molar refractivity (Wildman–Crippen MR) is 94.1 cm³/mol. The second-order valence-corrected chi connectivity index (χ2v) is 5.54. The maximum atomic E-state index is 11.9. The summed E-state index contributed by atoms with van der Waals surface area (Å²) >= 11 is 9.25. The van der Waals surface area contributed by atoms with Crippen LogP contribution in [0.3, 0.4) is 0 Å². The molecule has 1 N–H and O–H groups in total. The molecule has 2 aromatic rings. The second kappa shape index (κ2) is 8.45.